The zero-order valence-corrected chi connectivity index (χ0v) is 15.1. The first-order valence-corrected chi connectivity index (χ1v) is 8.68. The van der Waals surface area contributed by atoms with Gasteiger partial charge in [-0.05, 0) is 39.0 Å². The lowest BCUT2D eigenvalue weighted by atomic mass is 10.2. The van der Waals surface area contributed by atoms with Gasteiger partial charge >= 0.3 is 5.97 Å². The van der Waals surface area contributed by atoms with Crippen molar-refractivity contribution in [1.82, 2.24) is 9.79 Å². The molecule has 0 bridgehead atoms. The molecule has 1 aromatic carbocycles. The van der Waals surface area contributed by atoms with Crippen LogP contribution in [0.2, 0.25) is 0 Å². The van der Waals surface area contributed by atoms with Gasteiger partial charge < -0.3 is 10.1 Å². The molecule has 1 amide bonds. The summed E-state index contributed by atoms with van der Waals surface area (Å²) in [6.45, 7) is 5.01. The lowest BCUT2D eigenvalue weighted by molar-refractivity contribution is -0.129. The number of hydrogen-bond acceptors (Lipinski definition) is 6. The standard InChI is InChI=1S/C15H22N2O6S/c1-10(2)16-14(18)11(3)23-15(19)12-7-6-8-13(9-12)24(20,21)17(4)22-5/h6-11H,1-5H3,(H,16,18)/t11-/m1/s1. The van der Waals surface area contributed by atoms with Gasteiger partial charge in [0.05, 0.1) is 17.6 Å². The number of amides is 1. The smallest absolute Gasteiger partial charge is 0.338 e. The van der Waals surface area contributed by atoms with Crippen molar-refractivity contribution in [2.45, 2.75) is 37.8 Å². The summed E-state index contributed by atoms with van der Waals surface area (Å²) in [5.74, 6) is -1.22. The number of hydrogen-bond donors (Lipinski definition) is 1. The number of nitrogens with one attached hydrogen (secondary N) is 1. The van der Waals surface area contributed by atoms with Gasteiger partial charge in [0.2, 0.25) is 0 Å². The second-order valence-electron chi connectivity index (χ2n) is 5.34. The molecule has 1 N–H and O–H groups in total. The number of carbonyl (C=O) groups excluding carboxylic acids is 2. The molecule has 0 aliphatic heterocycles. The summed E-state index contributed by atoms with van der Waals surface area (Å²) in [6, 6.07) is 5.22. The highest BCUT2D eigenvalue weighted by atomic mass is 32.2. The van der Waals surface area contributed by atoms with Crippen molar-refractivity contribution < 1.29 is 27.6 Å². The fraction of sp³-hybridized carbons (Fsp3) is 0.467. The normalized spacial score (nSPS) is 13.0. The van der Waals surface area contributed by atoms with E-state index in [1.165, 1.54) is 45.3 Å². The van der Waals surface area contributed by atoms with Gasteiger partial charge in [-0.2, -0.15) is 0 Å². The molecule has 0 radical (unpaired) electrons. The summed E-state index contributed by atoms with van der Waals surface area (Å²) >= 11 is 0. The van der Waals surface area contributed by atoms with E-state index < -0.39 is 28.0 Å². The van der Waals surface area contributed by atoms with Gasteiger partial charge in [-0.15, -0.1) is 0 Å². The monoisotopic (exact) mass is 358 g/mol. The molecular formula is C15H22N2O6S. The largest absolute Gasteiger partial charge is 0.449 e. The minimum atomic E-state index is -3.88. The Labute approximate surface area is 141 Å². The molecule has 1 rings (SSSR count). The van der Waals surface area contributed by atoms with E-state index in [0.717, 1.165) is 0 Å². The van der Waals surface area contributed by atoms with E-state index in [2.05, 4.69) is 10.2 Å². The van der Waals surface area contributed by atoms with E-state index in [1.807, 2.05) is 0 Å². The lowest BCUT2D eigenvalue weighted by Gasteiger charge is -2.16. The van der Waals surface area contributed by atoms with E-state index in [0.29, 0.717) is 4.47 Å². The molecule has 0 heterocycles. The maximum absolute atomic E-state index is 12.2. The van der Waals surface area contributed by atoms with Crippen LogP contribution >= 0.6 is 0 Å². The SMILES string of the molecule is CON(C)S(=O)(=O)c1cccc(C(=O)O[C@H](C)C(=O)NC(C)C)c1. The summed E-state index contributed by atoms with van der Waals surface area (Å²) in [5.41, 5.74) is 0.0183. The number of hydroxylamine groups is 1. The van der Waals surface area contributed by atoms with E-state index in [-0.39, 0.29) is 16.5 Å². The lowest BCUT2D eigenvalue weighted by Crippen LogP contribution is -2.39. The maximum Gasteiger partial charge on any atom is 0.338 e. The van der Waals surface area contributed by atoms with E-state index in [1.54, 1.807) is 13.8 Å². The van der Waals surface area contributed by atoms with E-state index in [4.69, 9.17) is 4.74 Å². The van der Waals surface area contributed by atoms with Crippen LogP contribution in [0.5, 0.6) is 0 Å². The van der Waals surface area contributed by atoms with E-state index in [9.17, 15) is 18.0 Å². The highest BCUT2D eigenvalue weighted by Crippen LogP contribution is 2.17. The van der Waals surface area contributed by atoms with Crippen LogP contribution in [0.3, 0.4) is 0 Å². The number of sulfonamides is 1. The van der Waals surface area contributed by atoms with Crippen LogP contribution in [0.25, 0.3) is 0 Å². The quantitative estimate of drug-likeness (QED) is 0.575. The molecule has 0 aromatic heterocycles. The van der Waals surface area contributed by atoms with Crippen molar-refractivity contribution in [2.24, 2.45) is 0 Å². The van der Waals surface area contributed by atoms with Gasteiger partial charge in [0, 0.05) is 13.1 Å². The number of ether oxygens (including phenoxy) is 1. The minimum Gasteiger partial charge on any atom is -0.449 e. The highest BCUT2D eigenvalue weighted by molar-refractivity contribution is 7.89. The fourth-order valence-corrected chi connectivity index (χ4v) is 2.73. The number of esters is 1. The van der Waals surface area contributed by atoms with Crippen LogP contribution in [0, 0.1) is 0 Å². The maximum atomic E-state index is 12.2. The molecule has 0 saturated heterocycles. The van der Waals surface area contributed by atoms with Gasteiger partial charge in [0.1, 0.15) is 0 Å². The molecule has 0 fully saturated rings. The Morgan fingerprint density at radius 1 is 1.21 bits per heavy atom. The first-order valence-electron chi connectivity index (χ1n) is 7.24. The molecule has 134 valence electrons. The Morgan fingerprint density at radius 2 is 1.83 bits per heavy atom. The van der Waals surface area contributed by atoms with Crippen molar-refractivity contribution in [3.8, 4) is 0 Å². The van der Waals surface area contributed by atoms with Crippen molar-refractivity contribution in [3.63, 3.8) is 0 Å². The molecule has 0 unspecified atom stereocenters. The van der Waals surface area contributed by atoms with Crippen LogP contribution in [-0.4, -0.2) is 51.1 Å². The summed E-state index contributed by atoms with van der Waals surface area (Å²) in [5, 5.41) is 2.62. The molecule has 8 nitrogen and oxygen atoms in total. The Hall–Kier alpha value is -1.97. The van der Waals surface area contributed by atoms with Crippen molar-refractivity contribution in [2.75, 3.05) is 14.2 Å². The van der Waals surface area contributed by atoms with Crippen LogP contribution < -0.4 is 5.32 Å². The predicted molar refractivity (Wildman–Crippen MR) is 86.6 cm³/mol. The molecule has 1 aromatic rings. The Morgan fingerprint density at radius 3 is 2.38 bits per heavy atom. The molecule has 9 heteroatoms. The fourth-order valence-electron chi connectivity index (χ4n) is 1.71. The third-order valence-corrected chi connectivity index (χ3v) is 4.72. The number of carbonyl (C=O) groups is 2. The summed E-state index contributed by atoms with van der Waals surface area (Å²) in [7, 11) is -1.43. The van der Waals surface area contributed by atoms with Gasteiger partial charge in [0.15, 0.2) is 6.10 Å². The van der Waals surface area contributed by atoms with Crippen molar-refractivity contribution in [3.05, 3.63) is 29.8 Å². The second kappa shape index (κ2) is 8.22. The summed E-state index contributed by atoms with van der Waals surface area (Å²) in [6.07, 6.45) is -0.998. The average molecular weight is 358 g/mol. The number of nitrogens with zero attached hydrogens (tertiary/aromatic N) is 1. The molecular weight excluding hydrogens is 336 g/mol. The molecule has 0 saturated carbocycles. The van der Waals surface area contributed by atoms with Crippen molar-refractivity contribution >= 4 is 21.9 Å². The first-order chi connectivity index (χ1) is 11.1. The van der Waals surface area contributed by atoms with Crippen LogP contribution in [0.15, 0.2) is 29.2 Å². The first kappa shape index (κ1) is 20.1. The molecule has 0 aliphatic carbocycles. The Balaban J connectivity index is 2.94. The number of rotatable bonds is 7. The average Bonchev–Trinajstić information content (AvgIpc) is 2.53. The molecule has 1 atom stereocenters. The van der Waals surface area contributed by atoms with Crippen LogP contribution in [0.4, 0.5) is 0 Å². The van der Waals surface area contributed by atoms with E-state index >= 15 is 0 Å². The van der Waals surface area contributed by atoms with Gasteiger partial charge in [-0.3, -0.25) is 9.63 Å². The molecule has 24 heavy (non-hydrogen) atoms. The van der Waals surface area contributed by atoms with Gasteiger partial charge in [-0.25, -0.2) is 13.2 Å². The minimum absolute atomic E-state index is 0.0183. The summed E-state index contributed by atoms with van der Waals surface area (Å²) in [4.78, 5) is 28.4. The highest BCUT2D eigenvalue weighted by Gasteiger charge is 2.24. The van der Waals surface area contributed by atoms with Gasteiger partial charge in [-0.1, -0.05) is 10.5 Å². The zero-order valence-electron chi connectivity index (χ0n) is 14.3. The predicted octanol–water partition coefficient (Wildman–Crippen LogP) is 0.938. The Bertz CT molecular complexity index is 702. The van der Waals surface area contributed by atoms with Crippen LogP contribution in [0.1, 0.15) is 31.1 Å². The second-order valence-corrected chi connectivity index (χ2v) is 7.27. The Kier molecular flexibility index (Phi) is 6.88. The molecule has 0 aliphatic rings. The third kappa shape index (κ3) is 5.02. The summed E-state index contributed by atoms with van der Waals surface area (Å²) < 4.78 is 30.1. The third-order valence-electron chi connectivity index (χ3n) is 3.05. The molecule has 0 spiro atoms. The zero-order chi connectivity index (χ0) is 18.5. The van der Waals surface area contributed by atoms with Gasteiger partial charge in [0.25, 0.3) is 15.9 Å². The topological polar surface area (TPSA) is 102 Å². The van der Waals surface area contributed by atoms with Crippen molar-refractivity contribution in [1.29, 1.82) is 0 Å². The van der Waals surface area contributed by atoms with Crippen LogP contribution in [-0.2, 0) is 24.4 Å². The number of benzene rings is 1.